The van der Waals surface area contributed by atoms with E-state index in [1.807, 2.05) is 6.92 Å². The van der Waals surface area contributed by atoms with Gasteiger partial charge < -0.3 is 14.4 Å². The molecule has 1 saturated heterocycles. The molecule has 0 aliphatic carbocycles. The molecule has 1 atom stereocenters. The molecule has 188 valence electrons. The molecular formula is C24H27FN8O3. The molecule has 12 heteroatoms. The molecule has 36 heavy (non-hydrogen) atoms. The van der Waals surface area contributed by atoms with Crippen molar-refractivity contribution in [2.24, 2.45) is 10.8 Å². The number of H-pyrrole nitrogens is 1. The normalized spacial score (nSPS) is 20.1. The molecular weight excluding hydrogens is 467 g/mol. The third kappa shape index (κ3) is 3.65. The number of aliphatic imine (C=N–C) groups is 1. The van der Waals surface area contributed by atoms with Gasteiger partial charge in [0.1, 0.15) is 23.4 Å². The molecule has 0 radical (unpaired) electrons. The molecule has 11 nitrogen and oxygen atoms in total. The number of hydrogen-bond donors (Lipinski definition) is 3. The SMILES string of the molecule is CC1N=C(c2ccco2)c2c(nc3n(CCN4CCC(O)(c5ccc(F)cc5)CC4)c(=O)[nH]n23)N1N. The minimum Gasteiger partial charge on any atom is -0.463 e. The number of nitrogens with two attached hydrogens (primary N) is 1. The minimum absolute atomic E-state index is 0.291. The second kappa shape index (κ2) is 8.43. The molecule has 5 heterocycles. The molecule has 0 amide bonds. The van der Waals surface area contributed by atoms with Crippen LogP contribution in [0.1, 0.15) is 36.8 Å². The fraction of sp³-hybridized carbons (Fsp3) is 0.375. The third-order valence-corrected chi connectivity index (χ3v) is 7.18. The highest BCUT2D eigenvalue weighted by Gasteiger charge is 2.35. The lowest BCUT2D eigenvalue weighted by Crippen LogP contribution is -2.44. The predicted octanol–water partition coefficient (Wildman–Crippen LogP) is 1.42. The Labute approximate surface area is 205 Å². The van der Waals surface area contributed by atoms with Crippen molar-refractivity contribution < 1.29 is 13.9 Å². The van der Waals surface area contributed by atoms with Crippen molar-refractivity contribution in [2.45, 2.75) is 38.1 Å². The van der Waals surface area contributed by atoms with Gasteiger partial charge in [-0.1, -0.05) is 12.1 Å². The van der Waals surface area contributed by atoms with Crippen LogP contribution < -0.4 is 16.5 Å². The molecule has 4 N–H and O–H groups in total. The van der Waals surface area contributed by atoms with Crippen molar-refractivity contribution in [3.63, 3.8) is 0 Å². The van der Waals surface area contributed by atoms with Crippen molar-refractivity contribution in [2.75, 3.05) is 24.6 Å². The number of nitrogens with zero attached hydrogens (tertiary/aromatic N) is 6. The van der Waals surface area contributed by atoms with Crippen LogP contribution >= 0.6 is 0 Å². The van der Waals surface area contributed by atoms with Gasteiger partial charge in [0.25, 0.3) is 0 Å². The number of aromatic amines is 1. The monoisotopic (exact) mass is 494 g/mol. The zero-order chi connectivity index (χ0) is 25.0. The minimum atomic E-state index is -0.979. The smallest absolute Gasteiger partial charge is 0.343 e. The summed E-state index contributed by atoms with van der Waals surface area (Å²) in [7, 11) is 0. The van der Waals surface area contributed by atoms with Gasteiger partial charge in [0, 0.05) is 26.2 Å². The molecule has 0 saturated carbocycles. The number of rotatable bonds is 5. The van der Waals surface area contributed by atoms with E-state index in [0.29, 0.717) is 67.8 Å². The zero-order valence-electron chi connectivity index (χ0n) is 19.8. The Morgan fingerprint density at radius 2 is 1.97 bits per heavy atom. The maximum absolute atomic E-state index is 13.3. The van der Waals surface area contributed by atoms with Crippen LogP contribution in [0, 0.1) is 5.82 Å². The molecule has 0 bridgehead atoms. The number of anilines is 1. The number of likely N-dealkylation sites (tertiary alicyclic amines) is 1. The van der Waals surface area contributed by atoms with Crippen LogP contribution in [0.4, 0.5) is 10.2 Å². The van der Waals surface area contributed by atoms with E-state index in [1.54, 1.807) is 39.6 Å². The number of hydrogen-bond acceptors (Lipinski definition) is 8. The van der Waals surface area contributed by atoms with Crippen LogP contribution in [-0.2, 0) is 12.1 Å². The number of imidazole rings is 1. The summed E-state index contributed by atoms with van der Waals surface area (Å²) in [5, 5.41) is 15.4. The number of benzene rings is 1. The Bertz CT molecular complexity index is 1480. The van der Waals surface area contributed by atoms with Gasteiger partial charge in [0.2, 0.25) is 5.78 Å². The number of aromatic nitrogens is 4. The van der Waals surface area contributed by atoms with Gasteiger partial charge in [0.15, 0.2) is 11.6 Å². The van der Waals surface area contributed by atoms with Gasteiger partial charge in [-0.2, -0.15) is 4.98 Å². The number of nitrogens with one attached hydrogen (secondary N) is 1. The fourth-order valence-corrected chi connectivity index (χ4v) is 5.04. The number of piperidine rings is 1. The van der Waals surface area contributed by atoms with Gasteiger partial charge in [-0.25, -0.2) is 24.6 Å². The molecule has 1 aromatic carbocycles. The summed E-state index contributed by atoms with van der Waals surface area (Å²) < 4.78 is 22.0. The van der Waals surface area contributed by atoms with Crippen LogP contribution in [0.2, 0.25) is 0 Å². The lowest BCUT2D eigenvalue weighted by Gasteiger charge is -2.38. The second-order valence-electron chi connectivity index (χ2n) is 9.36. The Morgan fingerprint density at radius 1 is 1.22 bits per heavy atom. The second-order valence-corrected chi connectivity index (χ2v) is 9.36. The number of hydrazine groups is 1. The highest BCUT2D eigenvalue weighted by atomic mass is 19.1. The Hall–Kier alpha value is -3.74. The average Bonchev–Trinajstić information content (AvgIpc) is 3.59. The molecule has 1 unspecified atom stereocenters. The maximum Gasteiger partial charge on any atom is 0.343 e. The van der Waals surface area contributed by atoms with Crippen LogP contribution in [0.3, 0.4) is 0 Å². The summed E-state index contributed by atoms with van der Waals surface area (Å²) in [6.07, 6.45) is 2.26. The van der Waals surface area contributed by atoms with Crippen molar-refractivity contribution in [1.82, 2.24) is 24.1 Å². The Balaban J connectivity index is 1.22. The molecule has 0 spiro atoms. The van der Waals surface area contributed by atoms with E-state index in [-0.39, 0.29) is 17.7 Å². The fourth-order valence-electron chi connectivity index (χ4n) is 5.04. The van der Waals surface area contributed by atoms with Crippen molar-refractivity contribution in [3.05, 3.63) is 76.0 Å². The van der Waals surface area contributed by atoms with Gasteiger partial charge in [-0.3, -0.25) is 14.6 Å². The zero-order valence-corrected chi connectivity index (χ0v) is 19.8. The van der Waals surface area contributed by atoms with Gasteiger partial charge in [-0.05, 0) is 49.6 Å². The maximum atomic E-state index is 13.3. The topological polar surface area (TPSA) is 133 Å². The van der Waals surface area contributed by atoms with E-state index < -0.39 is 5.60 Å². The first-order valence-electron chi connectivity index (χ1n) is 11.9. The molecule has 3 aromatic heterocycles. The molecule has 6 rings (SSSR count). The standard InChI is InChI=1S/C24H27FN8O3/c1-15-27-19(18-3-2-14-36-18)20-21(32(15)26)28-22-31(23(34)29-33(20)22)13-12-30-10-8-24(35,9-11-30)16-4-6-17(25)7-5-16/h2-7,14-15,35H,8-13,26H2,1H3,(H,29,34). The first kappa shape index (κ1) is 22.7. The molecule has 1 fully saturated rings. The first-order valence-corrected chi connectivity index (χ1v) is 11.9. The van der Waals surface area contributed by atoms with Crippen molar-refractivity contribution in [1.29, 1.82) is 0 Å². The lowest BCUT2D eigenvalue weighted by molar-refractivity contribution is -0.0264. The molecule has 4 aromatic rings. The van der Waals surface area contributed by atoms with Gasteiger partial charge in [-0.15, -0.1) is 0 Å². The molecule has 2 aliphatic heterocycles. The van der Waals surface area contributed by atoms with Gasteiger partial charge >= 0.3 is 5.69 Å². The third-order valence-electron chi connectivity index (χ3n) is 7.18. The first-order chi connectivity index (χ1) is 17.3. The lowest BCUT2D eigenvalue weighted by atomic mass is 9.84. The summed E-state index contributed by atoms with van der Waals surface area (Å²) in [6.45, 7) is 4.17. The summed E-state index contributed by atoms with van der Waals surface area (Å²) in [5.41, 5.74) is 0.596. The number of fused-ring (bicyclic) bond motifs is 3. The van der Waals surface area contributed by atoms with Crippen LogP contribution in [0.15, 0.2) is 56.9 Å². The van der Waals surface area contributed by atoms with Gasteiger partial charge in [0.05, 0.1) is 11.9 Å². The van der Waals surface area contributed by atoms with Crippen LogP contribution in [-0.4, -0.2) is 60.7 Å². The summed E-state index contributed by atoms with van der Waals surface area (Å²) in [4.78, 5) is 24.4. The van der Waals surface area contributed by atoms with Crippen LogP contribution in [0.25, 0.3) is 5.78 Å². The van der Waals surface area contributed by atoms with E-state index in [2.05, 4.69) is 20.0 Å². The highest BCUT2D eigenvalue weighted by molar-refractivity contribution is 6.14. The molecule has 2 aliphatic rings. The van der Waals surface area contributed by atoms with E-state index in [4.69, 9.17) is 10.3 Å². The number of aliphatic hydroxyl groups is 1. The summed E-state index contributed by atoms with van der Waals surface area (Å²) in [5.74, 6) is 7.44. The van der Waals surface area contributed by atoms with E-state index >= 15 is 0 Å². The number of halogens is 1. The summed E-state index contributed by atoms with van der Waals surface area (Å²) >= 11 is 0. The van der Waals surface area contributed by atoms with Crippen LogP contribution in [0.5, 0.6) is 0 Å². The summed E-state index contributed by atoms with van der Waals surface area (Å²) in [6, 6.07) is 9.61. The van der Waals surface area contributed by atoms with Crippen molar-refractivity contribution >= 4 is 17.3 Å². The predicted molar refractivity (Wildman–Crippen MR) is 130 cm³/mol. The Kier molecular flexibility index (Phi) is 5.32. The largest absolute Gasteiger partial charge is 0.463 e. The van der Waals surface area contributed by atoms with E-state index in [1.165, 1.54) is 17.1 Å². The Morgan fingerprint density at radius 3 is 2.67 bits per heavy atom. The van der Waals surface area contributed by atoms with E-state index in [0.717, 1.165) is 5.56 Å². The average molecular weight is 495 g/mol. The quantitative estimate of drug-likeness (QED) is 0.357. The number of furan rings is 1. The van der Waals surface area contributed by atoms with E-state index in [9.17, 15) is 14.3 Å². The van der Waals surface area contributed by atoms with Crippen molar-refractivity contribution in [3.8, 4) is 0 Å². The highest BCUT2D eigenvalue weighted by Crippen LogP contribution is 2.33.